The number of alkyl halides is 1. The van der Waals surface area contributed by atoms with Crippen LogP contribution in [-0.4, -0.2) is 36.1 Å². The minimum Gasteiger partial charge on any atom is -0.476 e. The molecule has 1 aromatic heterocycles. The number of likely N-dealkylation sites (tertiary alicyclic amines) is 1. The smallest absolute Gasteiger partial charge is 0.217 e. The summed E-state index contributed by atoms with van der Waals surface area (Å²) >= 11 is 5.81. The summed E-state index contributed by atoms with van der Waals surface area (Å²) in [4.78, 5) is 6.61. The van der Waals surface area contributed by atoms with Gasteiger partial charge >= 0.3 is 0 Å². The first-order valence-corrected chi connectivity index (χ1v) is 6.28. The van der Waals surface area contributed by atoms with E-state index in [4.69, 9.17) is 16.3 Å². The van der Waals surface area contributed by atoms with E-state index in [1.807, 2.05) is 12.1 Å². The van der Waals surface area contributed by atoms with Crippen molar-refractivity contribution in [3.63, 3.8) is 0 Å². The summed E-state index contributed by atoms with van der Waals surface area (Å²) in [5, 5.41) is 0. The van der Waals surface area contributed by atoms with Gasteiger partial charge in [0.15, 0.2) is 0 Å². The first-order valence-electron chi connectivity index (χ1n) is 5.75. The van der Waals surface area contributed by atoms with E-state index in [0.29, 0.717) is 18.4 Å². The van der Waals surface area contributed by atoms with Gasteiger partial charge in [-0.15, -0.1) is 11.6 Å². The van der Waals surface area contributed by atoms with Crippen LogP contribution < -0.4 is 4.74 Å². The molecule has 0 spiro atoms. The highest BCUT2D eigenvalue weighted by Crippen LogP contribution is 2.16. The van der Waals surface area contributed by atoms with Crippen LogP contribution in [0, 0.1) is 0 Å². The Hall–Kier alpha value is -0.800. The lowest BCUT2D eigenvalue weighted by atomic mass is 10.3. The van der Waals surface area contributed by atoms with Crippen molar-refractivity contribution in [1.29, 1.82) is 0 Å². The number of hydrogen-bond acceptors (Lipinski definition) is 3. The molecule has 3 nitrogen and oxygen atoms in total. The first-order chi connectivity index (χ1) is 7.90. The van der Waals surface area contributed by atoms with Crippen LogP contribution in [-0.2, 0) is 5.88 Å². The third-order valence-electron chi connectivity index (χ3n) is 2.84. The average Bonchev–Trinajstić information content (AvgIpc) is 2.83. The molecule has 1 aliphatic rings. The number of aromatic nitrogens is 1. The molecule has 2 heterocycles. The van der Waals surface area contributed by atoms with Crippen molar-refractivity contribution in [1.82, 2.24) is 9.88 Å². The van der Waals surface area contributed by atoms with Crippen molar-refractivity contribution >= 4 is 11.6 Å². The van der Waals surface area contributed by atoms with Crippen molar-refractivity contribution in [2.24, 2.45) is 0 Å². The molecule has 16 heavy (non-hydrogen) atoms. The Kier molecular flexibility index (Phi) is 4.43. The monoisotopic (exact) mass is 240 g/mol. The summed E-state index contributed by atoms with van der Waals surface area (Å²) < 4.78 is 5.65. The highest BCUT2D eigenvalue weighted by atomic mass is 35.5. The maximum absolute atomic E-state index is 5.81. The molecular weight excluding hydrogens is 224 g/mol. The van der Waals surface area contributed by atoms with Crippen molar-refractivity contribution in [3.05, 3.63) is 23.9 Å². The lowest BCUT2D eigenvalue weighted by Gasteiger charge is -2.15. The second-order valence-electron chi connectivity index (χ2n) is 4.00. The molecule has 0 bridgehead atoms. The predicted molar refractivity (Wildman–Crippen MR) is 65.0 cm³/mol. The van der Waals surface area contributed by atoms with Gasteiger partial charge in [0.2, 0.25) is 5.88 Å². The van der Waals surface area contributed by atoms with Crippen LogP contribution in [0.5, 0.6) is 5.88 Å². The molecule has 0 unspecified atom stereocenters. The zero-order chi connectivity index (χ0) is 11.2. The maximum atomic E-state index is 5.81. The van der Waals surface area contributed by atoms with Crippen LogP contribution in [0.3, 0.4) is 0 Å². The van der Waals surface area contributed by atoms with Gasteiger partial charge in [-0.25, -0.2) is 4.98 Å². The third kappa shape index (κ3) is 3.09. The summed E-state index contributed by atoms with van der Waals surface area (Å²) in [5.74, 6) is 1.13. The molecule has 0 amide bonds. The van der Waals surface area contributed by atoms with E-state index in [9.17, 15) is 0 Å². The van der Waals surface area contributed by atoms with Crippen LogP contribution in [0.25, 0.3) is 0 Å². The third-order valence-corrected chi connectivity index (χ3v) is 3.13. The van der Waals surface area contributed by atoms with Crippen LogP contribution in [0.1, 0.15) is 18.4 Å². The molecular formula is C12H17ClN2O. The van der Waals surface area contributed by atoms with E-state index >= 15 is 0 Å². The summed E-state index contributed by atoms with van der Waals surface area (Å²) in [6.07, 6.45) is 4.37. The van der Waals surface area contributed by atoms with Gasteiger partial charge in [0, 0.05) is 18.3 Å². The van der Waals surface area contributed by atoms with Gasteiger partial charge in [0.1, 0.15) is 6.61 Å². The van der Waals surface area contributed by atoms with E-state index in [1.54, 1.807) is 6.20 Å². The number of halogens is 1. The quantitative estimate of drug-likeness (QED) is 0.739. The molecule has 1 aliphatic heterocycles. The van der Waals surface area contributed by atoms with Crippen molar-refractivity contribution < 1.29 is 4.74 Å². The molecule has 88 valence electrons. The molecule has 1 fully saturated rings. The number of hydrogen-bond donors (Lipinski definition) is 0. The fourth-order valence-corrected chi connectivity index (χ4v) is 2.14. The highest BCUT2D eigenvalue weighted by molar-refractivity contribution is 6.17. The Morgan fingerprint density at radius 1 is 1.38 bits per heavy atom. The van der Waals surface area contributed by atoms with Gasteiger partial charge in [-0.3, -0.25) is 4.90 Å². The topological polar surface area (TPSA) is 25.4 Å². The first kappa shape index (κ1) is 11.7. The van der Waals surface area contributed by atoms with E-state index < -0.39 is 0 Å². The lowest BCUT2D eigenvalue weighted by Crippen LogP contribution is -2.25. The minimum absolute atomic E-state index is 0.451. The van der Waals surface area contributed by atoms with E-state index in [-0.39, 0.29) is 0 Å². The number of nitrogens with zero attached hydrogens (tertiary/aromatic N) is 2. The Balaban J connectivity index is 1.79. The van der Waals surface area contributed by atoms with Crippen LogP contribution in [0.4, 0.5) is 0 Å². The second-order valence-corrected chi connectivity index (χ2v) is 4.27. The van der Waals surface area contributed by atoms with Crippen molar-refractivity contribution in [2.45, 2.75) is 18.7 Å². The average molecular weight is 241 g/mol. The maximum Gasteiger partial charge on any atom is 0.217 e. The highest BCUT2D eigenvalue weighted by Gasteiger charge is 2.11. The van der Waals surface area contributed by atoms with Gasteiger partial charge in [0.25, 0.3) is 0 Å². The molecule has 0 atom stereocenters. The van der Waals surface area contributed by atoms with Gasteiger partial charge < -0.3 is 4.74 Å². The summed E-state index contributed by atoms with van der Waals surface area (Å²) in [6.45, 7) is 4.08. The van der Waals surface area contributed by atoms with E-state index in [2.05, 4.69) is 9.88 Å². The zero-order valence-corrected chi connectivity index (χ0v) is 10.1. The summed E-state index contributed by atoms with van der Waals surface area (Å²) in [5.41, 5.74) is 0.964. The van der Waals surface area contributed by atoms with Gasteiger partial charge in [-0.05, 0) is 32.0 Å². The Bertz CT molecular complexity index is 327. The molecule has 0 aromatic carbocycles. The molecule has 0 aliphatic carbocycles. The Morgan fingerprint density at radius 3 is 2.94 bits per heavy atom. The molecule has 2 rings (SSSR count). The molecule has 1 aromatic rings. The Labute approximate surface area is 101 Å². The van der Waals surface area contributed by atoms with Gasteiger partial charge in [-0.2, -0.15) is 0 Å². The van der Waals surface area contributed by atoms with Crippen LogP contribution >= 0.6 is 11.6 Å². The van der Waals surface area contributed by atoms with Crippen LogP contribution in [0.15, 0.2) is 18.3 Å². The van der Waals surface area contributed by atoms with Crippen molar-refractivity contribution in [3.8, 4) is 5.88 Å². The predicted octanol–water partition coefficient (Wildman–Crippen LogP) is 2.29. The Morgan fingerprint density at radius 2 is 2.19 bits per heavy atom. The molecule has 4 heteroatoms. The standard InChI is InChI=1S/C12H17ClN2O/c13-10-11-4-3-5-14-12(11)16-9-8-15-6-1-2-7-15/h3-5H,1-2,6-10H2. The zero-order valence-electron chi connectivity index (χ0n) is 9.36. The fraction of sp³-hybridized carbons (Fsp3) is 0.583. The van der Waals surface area contributed by atoms with E-state index in [0.717, 1.165) is 12.1 Å². The number of pyridine rings is 1. The van der Waals surface area contributed by atoms with Gasteiger partial charge in [0.05, 0.1) is 5.88 Å². The largest absolute Gasteiger partial charge is 0.476 e. The molecule has 1 saturated heterocycles. The SMILES string of the molecule is ClCc1cccnc1OCCN1CCCC1. The number of rotatable bonds is 5. The molecule has 0 N–H and O–H groups in total. The summed E-state index contributed by atoms with van der Waals surface area (Å²) in [6, 6.07) is 3.83. The van der Waals surface area contributed by atoms with Gasteiger partial charge in [-0.1, -0.05) is 6.07 Å². The molecule has 0 saturated carbocycles. The van der Waals surface area contributed by atoms with Crippen molar-refractivity contribution in [2.75, 3.05) is 26.2 Å². The lowest BCUT2D eigenvalue weighted by molar-refractivity contribution is 0.231. The minimum atomic E-state index is 0.451. The summed E-state index contributed by atoms with van der Waals surface area (Å²) in [7, 11) is 0. The van der Waals surface area contributed by atoms with E-state index in [1.165, 1.54) is 25.9 Å². The fourth-order valence-electron chi connectivity index (χ4n) is 1.93. The normalized spacial score (nSPS) is 16.6. The second kappa shape index (κ2) is 6.06. The molecule has 0 radical (unpaired) electrons. The number of ether oxygens (including phenoxy) is 1. The van der Waals surface area contributed by atoms with Crippen LogP contribution in [0.2, 0.25) is 0 Å².